The van der Waals surface area contributed by atoms with E-state index in [1.165, 1.54) is 25.7 Å². The largest absolute Gasteiger partial charge is 0.482 e. The second-order valence-electron chi connectivity index (χ2n) is 6.07. The Labute approximate surface area is 119 Å². The predicted octanol–water partition coefficient (Wildman–Crippen LogP) is 2.20. The van der Waals surface area contributed by atoms with Gasteiger partial charge in [0, 0.05) is 6.54 Å². The van der Waals surface area contributed by atoms with Crippen LogP contribution in [-0.4, -0.2) is 19.1 Å². The van der Waals surface area contributed by atoms with Gasteiger partial charge in [-0.25, -0.2) is 0 Å². The fraction of sp³-hybridized carbons (Fsp3) is 0.562. The summed E-state index contributed by atoms with van der Waals surface area (Å²) in [5.74, 6) is 2.95. The monoisotopic (exact) mass is 274 g/mol. The Morgan fingerprint density at radius 3 is 2.85 bits per heavy atom. The summed E-state index contributed by atoms with van der Waals surface area (Å²) >= 11 is 0. The third kappa shape index (κ3) is 2.89. The molecule has 2 saturated carbocycles. The Bertz CT molecular complexity index is 489. The number of rotatable bonds is 5. The molecule has 2 aliphatic rings. The maximum absolute atomic E-state index is 11.8. The summed E-state index contributed by atoms with van der Waals surface area (Å²) in [6, 6.07) is 7.23. The van der Waals surface area contributed by atoms with Gasteiger partial charge in [-0.1, -0.05) is 18.6 Å². The van der Waals surface area contributed by atoms with Crippen LogP contribution in [0.1, 0.15) is 25.7 Å². The highest BCUT2D eigenvalue weighted by atomic mass is 16.5. The molecular weight excluding hydrogens is 252 g/mol. The summed E-state index contributed by atoms with van der Waals surface area (Å²) in [5, 5.41) is 2.99. The molecule has 4 heteroatoms. The Morgan fingerprint density at radius 1 is 1.30 bits per heavy atom. The molecule has 2 fully saturated rings. The molecule has 1 amide bonds. The van der Waals surface area contributed by atoms with Gasteiger partial charge < -0.3 is 15.8 Å². The minimum absolute atomic E-state index is 0.0367. The summed E-state index contributed by atoms with van der Waals surface area (Å²) in [6.07, 6.45) is 5.41. The lowest BCUT2D eigenvalue weighted by molar-refractivity contribution is -0.123. The van der Waals surface area contributed by atoms with Crippen molar-refractivity contribution in [2.75, 3.05) is 18.9 Å². The van der Waals surface area contributed by atoms with E-state index < -0.39 is 0 Å². The van der Waals surface area contributed by atoms with E-state index in [1.807, 2.05) is 12.1 Å². The van der Waals surface area contributed by atoms with Crippen molar-refractivity contribution in [1.82, 2.24) is 5.32 Å². The van der Waals surface area contributed by atoms with Gasteiger partial charge in [0.1, 0.15) is 5.75 Å². The lowest BCUT2D eigenvalue weighted by Gasteiger charge is -2.21. The fourth-order valence-corrected chi connectivity index (χ4v) is 3.68. The van der Waals surface area contributed by atoms with Gasteiger partial charge in [0.05, 0.1) is 5.69 Å². The van der Waals surface area contributed by atoms with Crippen LogP contribution in [0.3, 0.4) is 0 Å². The summed E-state index contributed by atoms with van der Waals surface area (Å²) in [6.45, 7) is 0.836. The molecule has 3 atom stereocenters. The topological polar surface area (TPSA) is 64.3 Å². The van der Waals surface area contributed by atoms with Gasteiger partial charge in [-0.05, 0) is 49.1 Å². The average Bonchev–Trinajstić information content (AvgIpc) is 3.06. The molecule has 0 aliphatic heterocycles. The van der Waals surface area contributed by atoms with Crippen LogP contribution in [0.5, 0.6) is 5.75 Å². The third-order valence-electron chi connectivity index (χ3n) is 4.72. The Hall–Kier alpha value is -1.71. The van der Waals surface area contributed by atoms with Crippen LogP contribution in [0, 0.1) is 17.8 Å². The number of hydrogen-bond acceptors (Lipinski definition) is 3. The molecule has 0 saturated heterocycles. The molecule has 0 radical (unpaired) electrons. The van der Waals surface area contributed by atoms with Crippen LogP contribution < -0.4 is 15.8 Å². The highest BCUT2D eigenvalue weighted by Gasteiger charge is 2.39. The first kappa shape index (κ1) is 13.3. The Morgan fingerprint density at radius 2 is 2.15 bits per heavy atom. The molecule has 1 aromatic rings. The number of carbonyl (C=O) groups is 1. The van der Waals surface area contributed by atoms with Crippen LogP contribution in [0.2, 0.25) is 0 Å². The summed E-state index contributed by atoms with van der Waals surface area (Å²) in [5.41, 5.74) is 6.33. The number of nitrogen functional groups attached to an aromatic ring is 1. The van der Waals surface area contributed by atoms with E-state index in [1.54, 1.807) is 12.1 Å². The molecule has 108 valence electrons. The van der Waals surface area contributed by atoms with Crippen molar-refractivity contribution in [2.45, 2.75) is 25.7 Å². The van der Waals surface area contributed by atoms with Gasteiger partial charge in [0.2, 0.25) is 0 Å². The van der Waals surface area contributed by atoms with E-state index >= 15 is 0 Å². The van der Waals surface area contributed by atoms with Gasteiger partial charge in [-0.15, -0.1) is 0 Å². The van der Waals surface area contributed by atoms with Crippen LogP contribution in [-0.2, 0) is 4.79 Å². The molecule has 2 aliphatic carbocycles. The van der Waals surface area contributed by atoms with Crippen molar-refractivity contribution >= 4 is 11.6 Å². The second kappa shape index (κ2) is 5.73. The molecule has 20 heavy (non-hydrogen) atoms. The summed E-state index contributed by atoms with van der Waals surface area (Å²) < 4.78 is 5.44. The van der Waals surface area contributed by atoms with E-state index in [4.69, 9.17) is 10.5 Å². The van der Waals surface area contributed by atoms with E-state index in [2.05, 4.69) is 5.32 Å². The molecule has 1 aromatic carbocycles. The first-order chi connectivity index (χ1) is 9.72. The van der Waals surface area contributed by atoms with Crippen molar-refractivity contribution in [1.29, 1.82) is 0 Å². The molecule has 0 aromatic heterocycles. The maximum atomic E-state index is 11.8. The highest BCUT2D eigenvalue weighted by molar-refractivity contribution is 5.77. The minimum Gasteiger partial charge on any atom is -0.482 e. The van der Waals surface area contributed by atoms with Gasteiger partial charge >= 0.3 is 0 Å². The molecule has 4 nitrogen and oxygen atoms in total. The Balaban J connectivity index is 1.41. The number of fused-ring (bicyclic) bond motifs is 2. The standard InChI is InChI=1S/C16H22N2O2/c17-14-3-1-2-4-15(14)20-10-16(19)18-9-13-8-11-5-6-12(13)7-11/h1-4,11-13H,5-10,17H2,(H,18,19). The van der Waals surface area contributed by atoms with Crippen molar-refractivity contribution < 1.29 is 9.53 Å². The van der Waals surface area contributed by atoms with Gasteiger partial charge in [-0.2, -0.15) is 0 Å². The lowest BCUT2D eigenvalue weighted by Crippen LogP contribution is -2.34. The van der Waals surface area contributed by atoms with Crippen LogP contribution >= 0.6 is 0 Å². The zero-order chi connectivity index (χ0) is 13.9. The number of para-hydroxylation sites is 2. The van der Waals surface area contributed by atoms with E-state index in [0.717, 1.165) is 18.4 Å². The number of anilines is 1. The second-order valence-corrected chi connectivity index (χ2v) is 6.07. The minimum atomic E-state index is -0.0592. The van der Waals surface area contributed by atoms with Crippen LogP contribution in [0.15, 0.2) is 24.3 Å². The zero-order valence-electron chi connectivity index (χ0n) is 11.7. The van der Waals surface area contributed by atoms with Crippen molar-refractivity contribution in [3.8, 4) is 5.75 Å². The predicted molar refractivity (Wildman–Crippen MR) is 78.3 cm³/mol. The summed E-state index contributed by atoms with van der Waals surface area (Å²) in [4.78, 5) is 11.8. The number of hydrogen-bond donors (Lipinski definition) is 2. The first-order valence-electron chi connectivity index (χ1n) is 7.46. The number of benzene rings is 1. The molecule has 0 heterocycles. The summed E-state index contributed by atoms with van der Waals surface area (Å²) in [7, 11) is 0. The maximum Gasteiger partial charge on any atom is 0.257 e. The number of nitrogens with one attached hydrogen (secondary N) is 1. The highest BCUT2D eigenvalue weighted by Crippen LogP contribution is 2.47. The van der Waals surface area contributed by atoms with Gasteiger partial charge in [-0.3, -0.25) is 4.79 Å². The third-order valence-corrected chi connectivity index (χ3v) is 4.72. The lowest BCUT2D eigenvalue weighted by atomic mass is 9.89. The Kier molecular flexibility index (Phi) is 3.81. The molecule has 3 N–H and O–H groups in total. The van der Waals surface area contributed by atoms with Crippen LogP contribution in [0.4, 0.5) is 5.69 Å². The number of carbonyl (C=O) groups excluding carboxylic acids is 1. The average molecular weight is 274 g/mol. The smallest absolute Gasteiger partial charge is 0.257 e. The van der Waals surface area contributed by atoms with E-state index in [9.17, 15) is 4.79 Å². The number of nitrogens with two attached hydrogens (primary N) is 1. The van der Waals surface area contributed by atoms with Gasteiger partial charge in [0.15, 0.2) is 6.61 Å². The fourth-order valence-electron chi connectivity index (χ4n) is 3.68. The molecular formula is C16H22N2O2. The van der Waals surface area contributed by atoms with Crippen molar-refractivity contribution in [3.05, 3.63) is 24.3 Å². The van der Waals surface area contributed by atoms with Gasteiger partial charge in [0.25, 0.3) is 5.91 Å². The van der Waals surface area contributed by atoms with E-state index in [-0.39, 0.29) is 12.5 Å². The van der Waals surface area contributed by atoms with Crippen LogP contribution in [0.25, 0.3) is 0 Å². The molecule has 3 unspecified atom stereocenters. The number of amides is 1. The normalized spacial score (nSPS) is 27.5. The SMILES string of the molecule is Nc1ccccc1OCC(=O)NCC1CC2CCC1C2. The zero-order valence-corrected chi connectivity index (χ0v) is 11.7. The molecule has 2 bridgehead atoms. The van der Waals surface area contributed by atoms with E-state index in [0.29, 0.717) is 17.4 Å². The molecule has 0 spiro atoms. The quantitative estimate of drug-likeness (QED) is 0.809. The van der Waals surface area contributed by atoms with Crippen molar-refractivity contribution in [2.24, 2.45) is 17.8 Å². The van der Waals surface area contributed by atoms with Crippen molar-refractivity contribution in [3.63, 3.8) is 0 Å². The first-order valence-corrected chi connectivity index (χ1v) is 7.46. The number of ether oxygens (including phenoxy) is 1. The molecule has 3 rings (SSSR count).